The van der Waals surface area contributed by atoms with Gasteiger partial charge in [-0.25, -0.2) is 5.01 Å². The maximum absolute atomic E-state index is 13.8. The molecule has 220 valence electrons. The zero-order chi connectivity index (χ0) is 29.2. The number of nitrogens with one attached hydrogen (secondary N) is 2. The van der Waals surface area contributed by atoms with Gasteiger partial charge in [-0.2, -0.15) is 0 Å². The highest BCUT2D eigenvalue weighted by Crippen LogP contribution is 2.33. The second kappa shape index (κ2) is 11.7. The second-order valence-corrected chi connectivity index (χ2v) is 10.5. The Morgan fingerprint density at radius 2 is 1.79 bits per heavy atom. The standard InChI is InChI=1S/C29H30N4O9/c34-24-11-9-19(30-26(36)18-8-10-22-23(13-18)41-16-40-22)28(38)33-21(7-4-12-32(24)33)27(37)31-20-14-25(35)42-29(20)39-15-17-5-2-1-3-6-17/h1-3,5-6,8,10,13,19-21,29H,4,7,9,11-12,14-16H2,(H,30,36)(H,31,37)/t19-,20-,21-,29+/m0/s1. The van der Waals surface area contributed by atoms with Gasteiger partial charge in [0.25, 0.3) is 11.8 Å². The molecule has 6 rings (SSSR count). The van der Waals surface area contributed by atoms with Gasteiger partial charge in [-0.15, -0.1) is 0 Å². The molecule has 3 saturated heterocycles. The van der Waals surface area contributed by atoms with Gasteiger partial charge in [0.05, 0.1) is 13.0 Å². The number of rotatable bonds is 7. The number of amides is 4. The van der Waals surface area contributed by atoms with Crippen LogP contribution in [0.1, 0.15) is 48.0 Å². The Bertz CT molecular complexity index is 1400. The first-order valence-corrected chi connectivity index (χ1v) is 13.9. The number of carbonyl (C=O) groups excluding carboxylic acids is 5. The molecular weight excluding hydrogens is 548 g/mol. The van der Waals surface area contributed by atoms with E-state index in [1.54, 1.807) is 12.1 Å². The van der Waals surface area contributed by atoms with Crippen LogP contribution in [0.2, 0.25) is 0 Å². The molecule has 4 heterocycles. The fourth-order valence-electron chi connectivity index (χ4n) is 5.52. The summed E-state index contributed by atoms with van der Waals surface area (Å²) in [5, 5.41) is 7.99. The van der Waals surface area contributed by atoms with Crippen LogP contribution in [0.3, 0.4) is 0 Å². The maximum Gasteiger partial charge on any atom is 0.310 e. The maximum atomic E-state index is 13.8. The highest BCUT2D eigenvalue weighted by atomic mass is 16.7. The van der Waals surface area contributed by atoms with Crippen molar-refractivity contribution in [2.75, 3.05) is 13.3 Å². The van der Waals surface area contributed by atoms with Crippen molar-refractivity contribution in [3.8, 4) is 11.5 Å². The zero-order valence-corrected chi connectivity index (χ0v) is 22.7. The van der Waals surface area contributed by atoms with Crippen LogP contribution in [0.25, 0.3) is 0 Å². The molecule has 2 N–H and O–H groups in total. The molecule has 0 saturated carbocycles. The molecule has 0 bridgehead atoms. The average Bonchev–Trinajstić information content (AvgIpc) is 3.59. The van der Waals surface area contributed by atoms with E-state index in [0.717, 1.165) is 10.6 Å². The third kappa shape index (κ3) is 5.59. The summed E-state index contributed by atoms with van der Waals surface area (Å²) in [6.07, 6.45) is -0.213. The number of hydrogen-bond donors (Lipinski definition) is 2. The van der Waals surface area contributed by atoms with Crippen molar-refractivity contribution in [2.24, 2.45) is 0 Å². The number of ether oxygens (including phenoxy) is 4. The highest BCUT2D eigenvalue weighted by molar-refractivity contribution is 6.00. The van der Waals surface area contributed by atoms with Gasteiger partial charge in [0.1, 0.15) is 18.1 Å². The first-order chi connectivity index (χ1) is 20.4. The van der Waals surface area contributed by atoms with E-state index in [1.165, 1.54) is 11.1 Å². The molecule has 0 spiro atoms. The van der Waals surface area contributed by atoms with E-state index < -0.39 is 48.1 Å². The molecule has 3 fully saturated rings. The molecule has 13 nitrogen and oxygen atoms in total. The fraction of sp³-hybridized carbons (Fsp3) is 0.414. The Labute approximate surface area is 241 Å². The predicted octanol–water partition coefficient (Wildman–Crippen LogP) is 1.02. The van der Waals surface area contributed by atoms with Gasteiger partial charge in [0, 0.05) is 18.5 Å². The Morgan fingerprint density at radius 3 is 2.62 bits per heavy atom. The first kappa shape index (κ1) is 27.5. The number of cyclic esters (lactones) is 1. The van der Waals surface area contributed by atoms with Crippen LogP contribution in [0.5, 0.6) is 11.5 Å². The van der Waals surface area contributed by atoms with Crippen molar-refractivity contribution in [3.05, 3.63) is 59.7 Å². The monoisotopic (exact) mass is 578 g/mol. The number of esters is 1. The van der Waals surface area contributed by atoms with Crippen LogP contribution in [-0.2, 0) is 35.3 Å². The van der Waals surface area contributed by atoms with E-state index in [2.05, 4.69) is 10.6 Å². The van der Waals surface area contributed by atoms with Gasteiger partial charge in [-0.05, 0) is 43.0 Å². The molecule has 2 aromatic rings. The van der Waals surface area contributed by atoms with Crippen LogP contribution in [0.15, 0.2) is 48.5 Å². The lowest BCUT2D eigenvalue weighted by Gasteiger charge is -2.43. The van der Waals surface area contributed by atoms with E-state index in [9.17, 15) is 24.0 Å². The van der Waals surface area contributed by atoms with E-state index in [-0.39, 0.29) is 50.7 Å². The van der Waals surface area contributed by atoms with Crippen molar-refractivity contribution in [1.29, 1.82) is 0 Å². The molecule has 42 heavy (non-hydrogen) atoms. The molecule has 4 atom stereocenters. The fourth-order valence-corrected chi connectivity index (χ4v) is 5.52. The number of hydrazine groups is 1. The van der Waals surface area contributed by atoms with Gasteiger partial charge >= 0.3 is 5.97 Å². The normalized spacial score (nSPS) is 25.0. The lowest BCUT2D eigenvalue weighted by atomic mass is 10.0. The molecule has 13 heteroatoms. The van der Waals surface area contributed by atoms with Crippen molar-refractivity contribution < 1.29 is 42.9 Å². The van der Waals surface area contributed by atoms with Crippen LogP contribution in [-0.4, -0.2) is 77.4 Å². The van der Waals surface area contributed by atoms with Crippen LogP contribution >= 0.6 is 0 Å². The second-order valence-electron chi connectivity index (χ2n) is 10.5. The smallest absolute Gasteiger partial charge is 0.310 e. The highest BCUT2D eigenvalue weighted by Gasteiger charge is 2.46. The summed E-state index contributed by atoms with van der Waals surface area (Å²) in [5.41, 5.74) is 1.14. The molecule has 0 aliphatic carbocycles. The summed E-state index contributed by atoms with van der Waals surface area (Å²) in [7, 11) is 0. The van der Waals surface area contributed by atoms with E-state index in [4.69, 9.17) is 18.9 Å². The molecule has 0 aromatic heterocycles. The molecular formula is C29H30N4O9. The molecule has 2 aromatic carbocycles. The minimum Gasteiger partial charge on any atom is -0.454 e. The molecule has 4 aliphatic rings. The lowest BCUT2D eigenvalue weighted by Crippen LogP contribution is -2.64. The minimum absolute atomic E-state index is 0.0169. The molecule has 0 unspecified atom stereocenters. The summed E-state index contributed by atoms with van der Waals surface area (Å²) in [6, 6.07) is 11.2. The van der Waals surface area contributed by atoms with Gasteiger partial charge in [-0.1, -0.05) is 30.3 Å². The predicted molar refractivity (Wildman–Crippen MR) is 142 cm³/mol. The Morgan fingerprint density at radius 1 is 0.976 bits per heavy atom. The quantitative estimate of drug-likeness (QED) is 0.459. The van der Waals surface area contributed by atoms with Crippen molar-refractivity contribution in [1.82, 2.24) is 20.7 Å². The van der Waals surface area contributed by atoms with Crippen molar-refractivity contribution >= 4 is 29.6 Å². The minimum atomic E-state index is -1.04. The van der Waals surface area contributed by atoms with Gasteiger partial charge in [0.2, 0.25) is 24.9 Å². The van der Waals surface area contributed by atoms with Gasteiger partial charge in [0.15, 0.2) is 11.5 Å². The summed E-state index contributed by atoms with van der Waals surface area (Å²) >= 11 is 0. The Hall–Kier alpha value is -4.65. The number of carbonyl (C=O) groups is 5. The van der Waals surface area contributed by atoms with Gasteiger partial charge in [-0.3, -0.25) is 29.0 Å². The van der Waals surface area contributed by atoms with E-state index in [1.807, 2.05) is 30.3 Å². The SMILES string of the molecule is O=C1C[C@H](NC(=O)[C@@H]2CCCN3C(=O)CC[C@H](NC(=O)c4ccc5c(c4)OCO5)C(=O)N23)[C@H](OCc2ccccc2)O1. The third-order valence-corrected chi connectivity index (χ3v) is 7.65. The largest absolute Gasteiger partial charge is 0.454 e. The van der Waals surface area contributed by atoms with Crippen LogP contribution in [0, 0.1) is 0 Å². The molecule has 4 aliphatic heterocycles. The number of nitrogens with zero attached hydrogens (tertiary/aromatic N) is 2. The van der Waals surface area contributed by atoms with Crippen molar-refractivity contribution in [2.45, 2.75) is 63.1 Å². The van der Waals surface area contributed by atoms with Crippen molar-refractivity contribution in [3.63, 3.8) is 0 Å². The topological polar surface area (TPSA) is 153 Å². The number of fused-ring (bicyclic) bond motifs is 2. The summed E-state index contributed by atoms with van der Waals surface area (Å²) in [4.78, 5) is 65.6. The summed E-state index contributed by atoms with van der Waals surface area (Å²) in [5.74, 6) is -1.52. The van der Waals surface area contributed by atoms with E-state index in [0.29, 0.717) is 24.3 Å². The van der Waals surface area contributed by atoms with E-state index >= 15 is 0 Å². The summed E-state index contributed by atoms with van der Waals surface area (Å²) < 4.78 is 21.7. The van der Waals surface area contributed by atoms with Gasteiger partial charge < -0.3 is 29.6 Å². The Kier molecular flexibility index (Phi) is 7.66. The molecule has 4 amide bonds. The summed E-state index contributed by atoms with van der Waals surface area (Å²) in [6.45, 7) is 0.496. The first-order valence-electron chi connectivity index (χ1n) is 13.9. The lowest BCUT2D eigenvalue weighted by molar-refractivity contribution is -0.177. The van der Waals surface area contributed by atoms with Crippen LogP contribution in [0.4, 0.5) is 0 Å². The average molecular weight is 579 g/mol. The number of hydrogen-bond acceptors (Lipinski definition) is 9. The zero-order valence-electron chi connectivity index (χ0n) is 22.7. The number of benzene rings is 2. The third-order valence-electron chi connectivity index (χ3n) is 7.65. The Balaban J connectivity index is 1.15. The molecule has 0 radical (unpaired) electrons. The van der Waals surface area contributed by atoms with Crippen LogP contribution < -0.4 is 20.1 Å².